The molecular weight excluding hydrogens is 314 g/mol. The number of amides is 1. The third-order valence-corrected chi connectivity index (χ3v) is 5.04. The van der Waals surface area contributed by atoms with Crippen molar-refractivity contribution >= 4 is 5.91 Å². The minimum atomic E-state index is -0.0643. The van der Waals surface area contributed by atoms with Crippen LogP contribution in [0.4, 0.5) is 0 Å². The highest BCUT2D eigenvalue weighted by Gasteiger charge is 2.28. The fraction of sp³-hybridized carbons (Fsp3) is 0.632. The molecule has 2 heterocycles. The summed E-state index contributed by atoms with van der Waals surface area (Å²) in [5.74, 6) is 0.453. The van der Waals surface area contributed by atoms with E-state index in [1.165, 1.54) is 0 Å². The number of aromatic nitrogens is 1. The van der Waals surface area contributed by atoms with Gasteiger partial charge in [-0.05, 0) is 31.5 Å². The Morgan fingerprint density at radius 3 is 2.52 bits per heavy atom. The zero-order valence-electron chi connectivity index (χ0n) is 15.7. The van der Waals surface area contributed by atoms with Gasteiger partial charge in [-0.1, -0.05) is 19.9 Å². The van der Waals surface area contributed by atoms with Gasteiger partial charge in [-0.25, -0.2) is 0 Å². The van der Waals surface area contributed by atoms with Crippen LogP contribution in [0.25, 0.3) is 0 Å². The largest absolute Gasteiger partial charge is 0.339 e. The maximum Gasteiger partial charge on any atom is 0.236 e. The van der Waals surface area contributed by atoms with Crippen molar-refractivity contribution in [3.8, 4) is 6.07 Å². The Morgan fingerprint density at radius 2 is 2.00 bits per heavy atom. The van der Waals surface area contributed by atoms with E-state index in [0.717, 1.165) is 18.7 Å². The molecule has 6 nitrogen and oxygen atoms in total. The third kappa shape index (κ3) is 5.00. The molecular formula is C19H29N5O. The van der Waals surface area contributed by atoms with Crippen LogP contribution in [0.2, 0.25) is 0 Å². The van der Waals surface area contributed by atoms with Crippen LogP contribution in [-0.2, 0) is 4.79 Å². The van der Waals surface area contributed by atoms with Crippen LogP contribution in [0.15, 0.2) is 24.5 Å². The van der Waals surface area contributed by atoms with Gasteiger partial charge in [0, 0.05) is 44.6 Å². The molecule has 0 radical (unpaired) electrons. The van der Waals surface area contributed by atoms with Gasteiger partial charge >= 0.3 is 0 Å². The highest BCUT2D eigenvalue weighted by Crippen LogP contribution is 2.18. The molecule has 0 N–H and O–H groups in total. The van der Waals surface area contributed by atoms with Crippen molar-refractivity contribution in [3.63, 3.8) is 0 Å². The fourth-order valence-corrected chi connectivity index (χ4v) is 3.23. The van der Waals surface area contributed by atoms with Gasteiger partial charge in [0.05, 0.1) is 12.6 Å². The molecule has 1 fully saturated rings. The summed E-state index contributed by atoms with van der Waals surface area (Å²) in [4.78, 5) is 22.9. The molecule has 0 spiro atoms. The van der Waals surface area contributed by atoms with Gasteiger partial charge in [-0.3, -0.25) is 19.6 Å². The lowest BCUT2D eigenvalue weighted by molar-refractivity contribution is -0.134. The van der Waals surface area contributed by atoms with E-state index in [1.54, 1.807) is 6.20 Å². The molecule has 136 valence electrons. The molecule has 0 aliphatic carbocycles. The van der Waals surface area contributed by atoms with E-state index in [0.29, 0.717) is 25.6 Å². The monoisotopic (exact) mass is 343 g/mol. The summed E-state index contributed by atoms with van der Waals surface area (Å²) in [6.07, 6.45) is 3.60. The van der Waals surface area contributed by atoms with Gasteiger partial charge in [0.1, 0.15) is 6.04 Å². The van der Waals surface area contributed by atoms with Crippen molar-refractivity contribution in [2.75, 3.05) is 39.8 Å². The Labute approximate surface area is 151 Å². The second kappa shape index (κ2) is 8.93. The average molecular weight is 343 g/mol. The first kappa shape index (κ1) is 19.4. The van der Waals surface area contributed by atoms with Crippen LogP contribution < -0.4 is 0 Å². The van der Waals surface area contributed by atoms with Crippen LogP contribution in [0.5, 0.6) is 0 Å². The average Bonchev–Trinajstić information content (AvgIpc) is 2.62. The van der Waals surface area contributed by atoms with Gasteiger partial charge in [0.25, 0.3) is 0 Å². The molecule has 1 amide bonds. The van der Waals surface area contributed by atoms with Gasteiger partial charge < -0.3 is 4.90 Å². The van der Waals surface area contributed by atoms with E-state index in [1.807, 2.05) is 30.3 Å². The standard InChI is InChI=1S/C19H29N5O/c1-15(2)18(12-20)23-8-10-24(11-9-23)19(25)14-22(4)16(3)17-6-5-7-21-13-17/h5-7,13,15-16,18H,8-11,14H2,1-4H3/t16-,18+/m1/s1. The zero-order valence-corrected chi connectivity index (χ0v) is 15.7. The third-order valence-electron chi connectivity index (χ3n) is 5.04. The summed E-state index contributed by atoms with van der Waals surface area (Å²) >= 11 is 0. The van der Waals surface area contributed by atoms with Crippen molar-refractivity contribution in [1.82, 2.24) is 19.7 Å². The molecule has 0 aromatic carbocycles. The van der Waals surface area contributed by atoms with Crippen molar-refractivity contribution in [2.24, 2.45) is 5.92 Å². The lowest BCUT2D eigenvalue weighted by atomic mass is 10.0. The molecule has 1 aromatic rings. The number of carbonyl (C=O) groups is 1. The molecule has 0 bridgehead atoms. The Morgan fingerprint density at radius 1 is 1.32 bits per heavy atom. The normalized spacial score (nSPS) is 18.2. The molecule has 0 unspecified atom stereocenters. The molecule has 1 aromatic heterocycles. The number of hydrogen-bond acceptors (Lipinski definition) is 5. The Balaban J connectivity index is 1.85. The number of likely N-dealkylation sites (N-methyl/N-ethyl adjacent to an activating group) is 1. The second-order valence-electron chi connectivity index (χ2n) is 7.11. The Hall–Kier alpha value is -1.97. The first-order chi connectivity index (χ1) is 11.9. The fourth-order valence-electron chi connectivity index (χ4n) is 3.23. The lowest BCUT2D eigenvalue weighted by Crippen LogP contribution is -2.54. The van der Waals surface area contributed by atoms with Crippen molar-refractivity contribution in [1.29, 1.82) is 5.26 Å². The zero-order chi connectivity index (χ0) is 18.4. The number of nitriles is 1. The second-order valence-corrected chi connectivity index (χ2v) is 7.11. The van der Waals surface area contributed by atoms with E-state index in [2.05, 4.69) is 41.6 Å². The molecule has 2 rings (SSSR count). The van der Waals surface area contributed by atoms with Gasteiger partial charge in [-0.15, -0.1) is 0 Å². The lowest BCUT2D eigenvalue weighted by Gasteiger charge is -2.38. The molecule has 1 aliphatic rings. The first-order valence-electron chi connectivity index (χ1n) is 8.95. The highest BCUT2D eigenvalue weighted by atomic mass is 16.2. The summed E-state index contributed by atoms with van der Waals surface area (Å²) in [6.45, 7) is 9.54. The van der Waals surface area contributed by atoms with Crippen LogP contribution in [0, 0.1) is 17.2 Å². The quantitative estimate of drug-likeness (QED) is 0.788. The van der Waals surface area contributed by atoms with Crippen LogP contribution in [0.1, 0.15) is 32.4 Å². The molecule has 25 heavy (non-hydrogen) atoms. The SMILES string of the molecule is CC(C)[C@H](C#N)N1CCN(C(=O)CN(C)[C@H](C)c2cccnc2)CC1. The van der Waals surface area contributed by atoms with Crippen LogP contribution in [0.3, 0.4) is 0 Å². The van der Waals surface area contributed by atoms with E-state index in [4.69, 9.17) is 0 Å². The minimum Gasteiger partial charge on any atom is -0.339 e. The number of piperazine rings is 1. The maximum absolute atomic E-state index is 12.6. The summed E-state index contributed by atoms with van der Waals surface area (Å²) in [7, 11) is 1.97. The van der Waals surface area contributed by atoms with Crippen molar-refractivity contribution < 1.29 is 4.79 Å². The van der Waals surface area contributed by atoms with Gasteiger partial charge in [0.2, 0.25) is 5.91 Å². The number of rotatable bonds is 6. The van der Waals surface area contributed by atoms with Crippen molar-refractivity contribution in [3.05, 3.63) is 30.1 Å². The van der Waals surface area contributed by atoms with E-state index in [9.17, 15) is 10.1 Å². The van der Waals surface area contributed by atoms with E-state index in [-0.39, 0.29) is 18.0 Å². The predicted molar refractivity (Wildman–Crippen MR) is 97.7 cm³/mol. The van der Waals surface area contributed by atoms with Gasteiger partial charge in [0.15, 0.2) is 0 Å². The molecule has 6 heteroatoms. The number of nitrogens with zero attached hydrogens (tertiary/aromatic N) is 5. The summed E-state index contributed by atoms with van der Waals surface area (Å²) in [5.41, 5.74) is 1.11. The summed E-state index contributed by atoms with van der Waals surface area (Å²) in [6, 6.07) is 6.42. The number of hydrogen-bond donors (Lipinski definition) is 0. The Kier molecular flexibility index (Phi) is 6.91. The van der Waals surface area contributed by atoms with E-state index < -0.39 is 0 Å². The molecule has 2 atom stereocenters. The topological polar surface area (TPSA) is 63.5 Å². The summed E-state index contributed by atoms with van der Waals surface area (Å²) < 4.78 is 0. The van der Waals surface area contributed by atoms with E-state index >= 15 is 0 Å². The maximum atomic E-state index is 12.6. The summed E-state index contributed by atoms with van der Waals surface area (Å²) in [5, 5.41) is 9.33. The predicted octanol–water partition coefficient (Wildman–Crippen LogP) is 1.77. The molecule has 1 aliphatic heterocycles. The molecule has 0 saturated carbocycles. The number of carbonyl (C=O) groups excluding carboxylic acids is 1. The number of pyridine rings is 1. The van der Waals surface area contributed by atoms with Crippen molar-refractivity contribution in [2.45, 2.75) is 32.9 Å². The van der Waals surface area contributed by atoms with Crippen LogP contribution >= 0.6 is 0 Å². The highest BCUT2D eigenvalue weighted by molar-refractivity contribution is 5.78. The smallest absolute Gasteiger partial charge is 0.236 e. The van der Waals surface area contributed by atoms with Gasteiger partial charge in [-0.2, -0.15) is 5.26 Å². The minimum absolute atomic E-state index is 0.0643. The molecule has 1 saturated heterocycles. The first-order valence-corrected chi connectivity index (χ1v) is 8.95. The van der Waals surface area contributed by atoms with Crippen LogP contribution in [-0.4, -0.2) is 71.4 Å². The Bertz CT molecular complexity index is 590.